The predicted octanol–water partition coefficient (Wildman–Crippen LogP) is 3.86. The second kappa shape index (κ2) is 7.97. The van der Waals surface area contributed by atoms with E-state index in [0.29, 0.717) is 23.5 Å². The third-order valence-corrected chi connectivity index (χ3v) is 6.40. The van der Waals surface area contributed by atoms with Crippen molar-refractivity contribution in [1.29, 1.82) is 0 Å². The van der Waals surface area contributed by atoms with Crippen molar-refractivity contribution in [3.05, 3.63) is 64.2 Å². The van der Waals surface area contributed by atoms with Gasteiger partial charge >= 0.3 is 0 Å². The van der Waals surface area contributed by atoms with Gasteiger partial charge in [0, 0.05) is 11.1 Å². The summed E-state index contributed by atoms with van der Waals surface area (Å²) in [6.07, 6.45) is 3.22. The summed E-state index contributed by atoms with van der Waals surface area (Å²) in [6.45, 7) is 8.16. The van der Waals surface area contributed by atoms with E-state index in [9.17, 15) is 14.7 Å². The van der Waals surface area contributed by atoms with Crippen LogP contribution in [0.3, 0.4) is 0 Å². The molecular formula is C25H30N2O3. The van der Waals surface area contributed by atoms with Crippen molar-refractivity contribution in [3.8, 4) is 0 Å². The van der Waals surface area contributed by atoms with E-state index in [0.717, 1.165) is 42.6 Å². The number of hydrogen-bond acceptors (Lipinski definition) is 4. The SMILES string of the molecule is Cc1cc(C)c(C(=O)C[C@]2(O)C(=O)N(CN3CCCCC3)c3ccccc32)c(C)c1. The van der Waals surface area contributed by atoms with Crippen LogP contribution in [0.25, 0.3) is 0 Å². The quantitative estimate of drug-likeness (QED) is 0.766. The standard InChI is InChI=1S/C25H30N2O3/c1-17-13-18(2)23(19(3)14-17)22(28)15-25(30)20-9-5-6-10-21(20)27(24(25)29)16-26-11-7-4-8-12-26/h5-6,9-10,13-14,30H,4,7-8,11-12,15-16H2,1-3H3/t25-/m1/s1. The number of rotatable bonds is 5. The maximum absolute atomic E-state index is 13.4. The number of amides is 1. The summed E-state index contributed by atoms with van der Waals surface area (Å²) in [5.41, 5.74) is 2.87. The van der Waals surface area contributed by atoms with Gasteiger partial charge in [-0.15, -0.1) is 0 Å². The molecule has 5 nitrogen and oxygen atoms in total. The molecule has 5 heteroatoms. The topological polar surface area (TPSA) is 60.9 Å². The van der Waals surface area contributed by atoms with Crippen molar-refractivity contribution in [2.45, 2.75) is 52.1 Å². The fourth-order valence-corrected chi connectivity index (χ4v) is 5.06. The van der Waals surface area contributed by atoms with Gasteiger partial charge in [0.15, 0.2) is 11.4 Å². The Balaban J connectivity index is 1.66. The van der Waals surface area contributed by atoms with Gasteiger partial charge in [-0.3, -0.25) is 19.4 Å². The third kappa shape index (κ3) is 3.57. The van der Waals surface area contributed by atoms with E-state index < -0.39 is 11.5 Å². The Morgan fingerprint density at radius 3 is 2.33 bits per heavy atom. The molecule has 1 amide bonds. The van der Waals surface area contributed by atoms with Crippen LogP contribution >= 0.6 is 0 Å². The van der Waals surface area contributed by atoms with Crippen LogP contribution in [0.15, 0.2) is 36.4 Å². The Bertz CT molecular complexity index is 971. The Morgan fingerprint density at radius 1 is 1.03 bits per heavy atom. The summed E-state index contributed by atoms with van der Waals surface area (Å²) in [5.74, 6) is -0.597. The minimum atomic E-state index is -1.83. The average molecular weight is 407 g/mol. The van der Waals surface area contributed by atoms with E-state index in [1.807, 2.05) is 51.1 Å². The minimum Gasteiger partial charge on any atom is -0.375 e. The number of hydrogen-bond donors (Lipinski definition) is 1. The van der Waals surface area contributed by atoms with Crippen LogP contribution < -0.4 is 4.90 Å². The number of para-hydroxylation sites is 1. The molecule has 2 aromatic rings. The average Bonchev–Trinajstić information content (AvgIpc) is 2.90. The molecule has 0 aliphatic carbocycles. The fourth-order valence-electron chi connectivity index (χ4n) is 5.06. The lowest BCUT2D eigenvalue weighted by atomic mass is 9.85. The van der Waals surface area contributed by atoms with Gasteiger partial charge in [-0.2, -0.15) is 0 Å². The molecule has 1 saturated heterocycles. The Labute approximate surface area is 178 Å². The highest BCUT2D eigenvalue weighted by Crippen LogP contribution is 2.43. The molecule has 2 aliphatic rings. The number of carbonyl (C=O) groups excluding carboxylic acids is 2. The molecule has 2 heterocycles. The normalized spacial score (nSPS) is 21.7. The highest BCUT2D eigenvalue weighted by molar-refractivity contribution is 6.11. The summed E-state index contributed by atoms with van der Waals surface area (Å²) < 4.78 is 0. The molecule has 0 radical (unpaired) electrons. The summed E-state index contributed by atoms with van der Waals surface area (Å²) >= 11 is 0. The maximum Gasteiger partial charge on any atom is 0.265 e. The summed E-state index contributed by atoms with van der Waals surface area (Å²) in [6, 6.07) is 11.3. The van der Waals surface area contributed by atoms with E-state index in [1.165, 1.54) is 6.42 Å². The van der Waals surface area contributed by atoms with Gasteiger partial charge in [-0.25, -0.2) is 0 Å². The van der Waals surface area contributed by atoms with Crippen LogP contribution in [-0.2, 0) is 10.4 Å². The van der Waals surface area contributed by atoms with E-state index >= 15 is 0 Å². The Kier molecular flexibility index (Phi) is 5.51. The number of benzene rings is 2. The van der Waals surface area contributed by atoms with Gasteiger partial charge in [-0.05, 0) is 63.9 Å². The van der Waals surface area contributed by atoms with Crippen LogP contribution in [-0.4, -0.2) is 41.5 Å². The molecule has 0 unspecified atom stereocenters. The number of ketones is 1. The van der Waals surface area contributed by atoms with Gasteiger partial charge in [-0.1, -0.05) is 42.3 Å². The van der Waals surface area contributed by atoms with Crippen molar-refractivity contribution >= 4 is 17.4 Å². The van der Waals surface area contributed by atoms with Gasteiger partial charge in [0.25, 0.3) is 5.91 Å². The molecular weight excluding hydrogens is 376 g/mol. The first-order chi connectivity index (χ1) is 14.3. The monoisotopic (exact) mass is 406 g/mol. The molecule has 158 valence electrons. The largest absolute Gasteiger partial charge is 0.375 e. The molecule has 0 bridgehead atoms. The second-order valence-corrected chi connectivity index (χ2v) is 8.80. The van der Waals surface area contributed by atoms with Gasteiger partial charge in [0.05, 0.1) is 18.8 Å². The number of Topliss-reactive ketones (excluding diaryl/α,β-unsaturated/α-hetero) is 1. The zero-order valence-corrected chi connectivity index (χ0v) is 18.1. The van der Waals surface area contributed by atoms with Crippen molar-refractivity contribution in [1.82, 2.24) is 4.90 Å². The number of likely N-dealkylation sites (tertiary alicyclic amines) is 1. The molecule has 4 rings (SSSR count). The molecule has 2 aliphatic heterocycles. The number of fused-ring (bicyclic) bond motifs is 1. The molecule has 1 N–H and O–H groups in total. The van der Waals surface area contributed by atoms with Crippen LogP contribution in [0, 0.1) is 20.8 Å². The van der Waals surface area contributed by atoms with Crippen LogP contribution in [0.1, 0.15) is 58.3 Å². The predicted molar refractivity (Wildman–Crippen MR) is 118 cm³/mol. The van der Waals surface area contributed by atoms with Crippen LogP contribution in [0.2, 0.25) is 0 Å². The molecule has 30 heavy (non-hydrogen) atoms. The van der Waals surface area contributed by atoms with Gasteiger partial charge in [0.1, 0.15) is 0 Å². The summed E-state index contributed by atoms with van der Waals surface area (Å²) in [5, 5.41) is 11.5. The third-order valence-electron chi connectivity index (χ3n) is 6.40. The number of piperidine rings is 1. The van der Waals surface area contributed by atoms with Crippen LogP contribution in [0.5, 0.6) is 0 Å². The first kappa shape index (κ1) is 20.8. The zero-order chi connectivity index (χ0) is 21.5. The molecule has 1 atom stereocenters. The minimum absolute atomic E-state index is 0.199. The van der Waals surface area contributed by atoms with Crippen LogP contribution in [0.4, 0.5) is 5.69 Å². The van der Waals surface area contributed by atoms with Crippen molar-refractivity contribution in [3.63, 3.8) is 0 Å². The number of anilines is 1. The second-order valence-electron chi connectivity index (χ2n) is 8.80. The number of aryl methyl sites for hydroxylation is 3. The zero-order valence-electron chi connectivity index (χ0n) is 18.1. The number of carbonyl (C=O) groups is 2. The molecule has 0 aromatic heterocycles. The maximum atomic E-state index is 13.4. The van der Waals surface area contributed by atoms with E-state index in [-0.39, 0.29) is 12.2 Å². The highest BCUT2D eigenvalue weighted by Gasteiger charge is 2.51. The van der Waals surface area contributed by atoms with Crippen molar-refractivity contribution in [2.24, 2.45) is 0 Å². The Hall–Kier alpha value is -2.50. The van der Waals surface area contributed by atoms with Crippen molar-refractivity contribution < 1.29 is 14.7 Å². The Morgan fingerprint density at radius 2 is 1.67 bits per heavy atom. The smallest absolute Gasteiger partial charge is 0.265 e. The first-order valence-corrected chi connectivity index (χ1v) is 10.8. The summed E-state index contributed by atoms with van der Waals surface area (Å²) in [7, 11) is 0. The summed E-state index contributed by atoms with van der Waals surface area (Å²) in [4.78, 5) is 30.6. The van der Waals surface area contributed by atoms with E-state index in [1.54, 1.807) is 11.0 Å². The number of aliphatic hydroxyl groups is 1. The molecule has 1 fully saturated rings. The van der Waals surface area contributed by atoms with Gasteiger partial charge in [0.2, 0.25) is 0 Å². The molecule has 0 spiro atoms. The fraction of sp³-hybridized carbons (Fsp3) is 0.440. The van der Waals surface area contributed by atoms with Gasteiger partial charge < -0.3 is 5.11 Å². The number of nitrogens with zero attached hydrogens (tertiary/aromatic N) is 2. The lowest BCUT2D eigenvalue weighted by molar-refractivity contribution is -0.136. The molecule has 0 saturated carbocycles. The highest BCUT2D eigenvalue weighted by atomic mass is 16.3. The molecule has 2 aromatic carbocycles. The first-order valence-electron chi connectivity index (χ1n) is 10.8. The van der Waals surface area contributed by atoms with E-state index in [4.69, 9.17) is 0 Å². The lowest BCUT2D eigenvalue weighted by Gasteiger charge is -2.31. The lowest BCUT2D eigenvalue weighted by Crippen LogP contribution is -2.47. The van der Waals surface area contributed by atoms with Crippen molar-refractivity contribution in [2.75, 3.05) is 24.7 Å². The van der Waals surface area contributed by atoms with E-state index in [2.05, 4.69) is 4.90 Å².